The lowest BCUT2D eigenvalue weighted by Crippen LogP contribution is -2.10. The molecule has 0 saturated heterocycles. The Kier molecular flexibility index (Phi) is 5.80. The number of benzene rings is 1. The van der Waals surface area contributed by atoms with Crippen LogP contribution in [0.5, 0.6) is 0 Å². The largest absolute Gasteiger partial charge is 0.477 e. The summed E-state index contributed by atoms with van der Waals surface area (Å²) >= 11 is 6.70. The molecule has 170 valence electrons. The number of alkyl halides is 3. The zero-order valence-corrected chi connectivity index (χ0v) is 18.1. The van der Waals surface area contributed by atoms with Crippen molar-refractivity contribution in [2.24, 2.45) is 0 Å². The van der Waals surface area contributed by atoms with Gasteiger partial charge in [-0.05, 0) is 43.3 Å². The van der Waals surface area contributed by atoms with Gasteiger partial charge in [-0.1, -0.05) is 11.6 Å². The second-order valence-corrected chi connectivity index (χ2v) is 8.23. The molecule has 33 heavy (non-hydrogen) atoms. The number of halogens is 5. The van der Waals surface area contributed by atoms with Gasteiger partial charge < -0.3 is 10.4 Å². The fourth-order valence-electron chi connectivity index (χ4n) is 2.90. The van der Waals surface area contributed by atoms with Crippen LogP contribution in [0.15, 0.2) is 42.6 Å². The Bertz CT molecular complexity index is 1370. The molecule has 3 aromatic heterocycles. The first kappa shape index (κ1) is 22.7. The number of carboxylic acids is 1. The van der Waals surface area contributed by atoms with Crippen LogP contribution < -0.4 is 5.32 Å². The molecule has 0 fully saturated rings. The number of aromatic carboxylic acids is 1. The molecular formula is C20H12ClF4N5O2S. The monoisotopic (exact) mass is 497 g/mol. The summed E-state index contributed by atoms with van der Waals surface area (Å²) in [5.74, 6) is -1.80. The number of anilines is 2. The van der Waals surface area contributed by atoms with E-state index in [0.717, 1.165) is 28.2 Å². The maximum Gasteiger partial charge on any atom is 0.435 e. The minimum absolute atomic E-state index is 0.00695. The summed E-state index contributed by atoms with van der Waals surface area (Å²) in [5.41, 5.74) is -0.345. The van der Waals surface area contributed by atoms with Crippen molar-refractivity contribution in [2.75, 3.05) is 5.32 Å². The van der Waals surface area contributed by atoms with Crippen molar-refractivity contribution in [2.45, 2.75) is 13.1 Å². The van der Waals surface area contributed by atoms with Crippen LogP contribution in [0.1, 0.15) is 21.1 Å². The molecule has 13 heteroatoms. The zero-order chi connectivity index (χ0) is 23.9. The molecule has 0 amide bonds. The summed E-state index contributed by atoms with van der Waals surface area (Å²) in [6.45, 7) is 1.43. The third-order valence-corrected chi connectivity index (χ3v) is 5.80. The van der Waals surface area contributed by atoms with E-state index in [0.29, 0.717) is 10.6 Å². The molecule has 4 aromatic rings. The Morgan fingerprint density at radius 2 is 1.97 bits per heavy atom. The van der Waals surface area contributed by atoms with Crippen molar-refractivity contribution in [3.63, 3.8) is 0 Å². The molecule has 0 aliphatic rings. The smallest absolute Gasteiger partial charge is 0.435 e. The van der Waals surface area contributed by atoms with Gasteiger partial charge in [0.15, 0.2) is 11.5 Å². The molecule has 4 rings (SSSR count). The number of rotatable bonds is 5. The third kappa shape index (κ3) is 4.66. The van der Waals surface area contributed by atoms with Gasteiger partial charge in [0, 0.05) is 22.5 Å². The van der Waals surface area contributed by atoms with E-state index in [9.17, 15) is 27.5 Å². The molecule has 7 nitrogen and oxygen atoms in total. The van der Waals surface area contributed by atoms with Crippen LogP contribution >= 0.6 is 22.9 Å². The molecule has 0 radical (unpaired) electrons. The maximum atomic E-state index is 13.4. The number of thiophene rings is 1. The van der Waals surface area contributed by atoms with E-state index < -0.39 is 23.7 Å². The van der Waals surface area contributed by atoms with Crippen LogP contribution in [0.2, 0.25) is 5.02 Å². The number of hydrogen-bond donors (Lipinski definition) is 2. The number of nitrogens with one attached hydrogen (secondary N) is 1. The number of hydrogen-bond acceptors (Lipinski definition) is 6. The van der Waals surface area contributed by atoms with Crippen LogP contribution in [0.25, 0.3) is 16.3 Å². The van der Waals surface area contributed by atoms with Gasteiger partial charge in [0.2, 0.25) is 5.95 Å². The van der Waals surface area contributed by atoms with Crippen molar-refractivity contribution >= 4 is 40.5 Å². The summed E-state index contributed by atoms with van der Waals surface area (Å²) in [4.78, 5) is 20.2. The molecule has 0 bridgehead atoms. The number of carboxylic acid groups (broad SMARTS) is 1. The number of aryl methyl sites for hydroxylation is 1. The second kappa shape index (κ2) is 8.45. The Labute approximate surface area is 192 Å². The molecular weight excluding hydrogens is 486 g/mol. The van der Waals surface area contributed by atoms with Crippen molar-refractivity contribution in [1.82, 2.24) is 19.7 Å². The maximum absolute atomic E-state index is 13.4. The van der Waals surface area contributed by atoms with Crippen LogP contribution in [-0.4, -0.2) is 30.8 Å². The average molecular weight is 498 g/mol. The lowest BCUT2D eigenvalue weighted by Gasteiger charge is -2.12. The number of nitrogens with zero attached hydrogens (tertiary/aromatic N) is 4. The highest BCUT2D eigenvalue weighted by molar-refractivity contribution is 7.17. The Morgan fingerprint density at radius 1 is 1.21 bits per heavy atom. The molecule has 0 spiro atoms. The SMILES string of the molecule is Cc1cc(C(F)(F)F)nn1-c1nc(Nc2ccc(F)c(Cl)c2)ncc1-c1ccc(C(=O)O)s1. The Hall–Kier alpha value is -3.51. The van der Waals surface area contributed by atoms with E-state index in [1.54, 1.807) is 0 Å². The fourth-order valence-corrected chi connectivity index (χ4v) is 3.93. The first-order valence-corrected chi connectivity index (χ1v) is 10.3. The normalized spacial score (nSPS) is 11.6. The molecule has 0 atom stereocenters. The van der Waals surface area contributed by atoms with Gasteiger partial charge in [0.1, 0.15) is 10.7 Å². The quantitative estimate of drug-likeness (QED) is 0.331. The summed E-state index contributed by atoms with van der Waals surface area (Å²) in [6.07, 6.45) is -3.34. The predicted octanol–water partition coefficient (Wildman–Crippen LogP) is 5.95. The van der Waals surface area contributed by atoms with Gasteiger partial charge in [-0.2, -0.15) is 23.3 Å². The van der Waals surface area contributed by atoms with Gasteiger partial charge >= 0.3 is 12.1 Å². The topological polar surface area (TPSA) is 92.9 Å². The van der Waals surface area contributed by atoms with E-state index >= 15 is 0 Å². The Balaban J connectivity index is 1.84. The molecule has 0 aliphatic heterocycles. The number of aromatic nitrogens is 4. The van der Waals surface area contributed by atoms with E-state index in [4.69, 9.17) is 11.6 Å². The molecule has 1 aromatic carbocycles. The first-order chi connectivity index (χ1) is 15.5. The summed E-state index contributed by atoms with van der Waals surface area (Å²) < 4.78 is 54.1. The fraction of sp³-hybridized carbons (Fsp3) is 0.100. The molecule has 0 aliphatic carbocycles. The van der Waals surface area contributed by atoms with Crippen molar-refractivity contribution in [3.05, 3.63) is 69.7 Å². The minimum Gasteiger partial charge on any atom is -0.477 e. The van der Waals surface area contributed by atoms with E-state index in [1.165, 1.54) is 37.4 Å². The average Bonchev–Trinajstić information content (AvgIpc) is 3.38. The van der Waals surface area contributed by atoms with E-state index in [2.05, 4.69) is 20.4 Å². The van der Waals surface area contributed by atoms with E-state index in [1.807, 2.05) is 0 Å². The van der Waals surface area contributed by atoms with Crippen LogP contribution in [-0.2, 0) is 6.18 Å². The van der Waals surface area contributed by atoms with Gasteiger partial charge in [-0.3, -0.25) is 0 Å². The second-order valence-electron chi connectivity index (χ2n) is 6.73. The third-order valence-electron chi connectivity index (χ3n) is 4.41. The Morgan fingerprint density at radius 3 is 2.58 bits per heavy atom. The van der Waals surface area contributed by atoms with Crippen molar-refractivity contribution in [3.8, 4) is 16.3 Å². The minimum atomic E-state index is -4.67. The zero-order valence-electron chi connectivity index (χ0n) is 16.5. The van der Waals surface area contributed by atoms with Crippen molar-refractivity contribution in [1.29, 1.82) is 0 Å². The highest BCUT2D eigenvalue weighted by Crippen LogP contribution is 2.35. The van der Waals surface area contributed by atoms with Gasteiger partial charge in [0.25, 0.3) is 0 Å². The lowest BCUT2D eigenvalue weighted by atomic mass is 10.2. The summed E-state index contributed by atoms with van der Waals surface area (Å²) in [6, 6.07) is 7.56. The van der Waals surface area contributed by atoms with Gasteiger partial charge in [-0.15, -0.1) is 11.3 Å². The molecule has 0 unspecified atom stereocenters. The summed E-state index contributed by atoms with van der Waals surface area (Å²) in [5, 5.41) is 15.5. The molecule has 0 saturated carbocycles. The standard InChI is InChI=1S/C20H12ClF4N5O2S/c1-9-6-16(20(23,24)25)29-30(9)17-11(14-4-5-15(33-14)18(31)32)8-26-19(28-17)27-10-2-3-13(22)12(21)7-10/h2-8H,1H3,(H,31,32)(H,26,27,28). The predicted molar refractivity (Wildman–Crippen MR) is 114 cm³/mol. The van der Waals surface area contributed by atoms with E-state index in [-0.39, 0.29) is 32.9 Å². The van der Waals surface area contributed by atoms with Gasteiger partial charge in [-0.25, -0.2) is 18.9 Å². The van der Waals surface area contributed by atoms with Crippen LogP contribution in [0, 0.1) is 12.7 Å². The van der Waals surface area contributed by atoms with Crippen molar-refractivity contribution < 1.29 is 27.5 Å². The highest BCUT2D eigenvalue weighted by Gasteiger charge is 2.35. The molecule has 3 heterocycles. The lowest BCUT2D eigenvalue weighted by molar-refractivity contribution is -0.141. The molecule has 2 N–H and O–H groups in total. The van der Waals surface area contributed by atoms with Crippen LogP contribution in [0.4, 0.5) is 29.2 Å². The highest BCUT2D eigenvalue weighted by atomic mass is 35.5. The van der Waals surface area contributed by atoms with Gasteiger partial charge in [0.05, 0.1) is 10.6 Å². The first-order valence-electron chi connectivity index (χ1n) is 9.10. The summed E-state index contributed by atoms with van der Waals surface area (Å²) in [7, 11) is 0. The number of carbonyl (C=O) groups is 1. The van der Waals surface area contributed by atoms with Crippen LogP contribution in [0.3, 0.4) is 0 Å².